The number of rotatable bonds is 11. The van der Waals surface area contributed by atoms with Gasteiger partial charge in [-0.1, -0.05) is 30.7 Å². The van der Waals surface area contributed by atoms with Crippen LogP contribution in [0.25, 0.3) is 11.2 Å². The lowest BCUT2D eigenvalue weighted by molar-refractivity contribution is -0.161. The van der Waals surface area contributed by atoms with Gasteiger partial charge in [0.2, 0.25) is 11.6 Å². The Labute approximate surface area is 273 Å². The fourth-order valence-electron chi connectivity index (χ4n) is 6.01. The van der Waals surface area contributed by atoms with E-state index in [2.05, 4.69) is 33.6 Å². The van der Waals surface area contributed by atoms with Crippen LogP contribution in [0.2, 0.25) is 0 Å². The number of carbonyl (C=O) groups is 3. The fourth-order valence-corrected chi connectivity index (χ4v) is 6.01. The number of aliphatic hydroxyl groups excluding tert-OH is 1. The Morgan fingerprint density at radius 1 is 1.23 bits per heavy atom. The highest BCUT2D eigenvalue weighted by molar-refractivity contribution is 5.87. The molecule has 2 aromatic heterocycles. The molecule has 3 aliphatic heterocycles. The minimum absolute atomic E-state index is 0.0339. The van der Waals surface area contributed by atoms with Gasteiger partial charge in [0.1, 0.15) is 29.4 Å². The molecule has 47 heavy (non-hydrogen) atoms. The van der Waals surface area contributed by atoms with Crippen LogP contribution in [0.1, 0.15) is 60.3 Å². The molecule has 5 rings (SSSR count). The summed E-state index contributed by atoms with van der Waals surface area (Å²) < 4.78 is 23.1. The molecule has 3 saturated heterocycles. The number of pyridine rings is 1. The van der Waals surface area contributed by atoms with Crippen molar-refractivity contribution in [1.82, 2.24) is 25.5 Å². The average molecular weight is 654 g/mol. The van der Waals surface area contributed by atoms with E-state index >= 15 is 0 Å². The lowest BCUT2D eigenvalue weighted by Gasteiger charge is -2.39. The normalized spacial score (nSPS) is 31.7. The Morgan fingerprint density at radius 2 is 2.02 bits per heavy atom. The molecule has 1 amide bonds. The van der Waals surface area contributed by atoms with Gasteiger partial charge in [-0.2, -0.15) is 0 Å². The third-order valence-electron chi connectivity index (χ3n) is 8.69. The van der Waals surface area contributed by atoms with Crippen molar-refractivity contribution in [3.05, 3.63) is 54.3 Å². The lowest BCUT2D eigenvalue weighted by Crippen LogP contribution is -2.50. The first-order valence-electron chi connectivity index (χ1n) is 15.9. The largest absolute Gasteiger partial charge is 0.459 e. The van der Waals surface area contributed by atoms with E-state index < -0.39 is 42.0 Å². The van der Waals surface area contributed by atoms with Crippen LogP contribution in [0.3, 0.4) is 0 Å². The van der Waals surface area contributed by atoms with Crippen molar-refractivity contribution in [2.45, 2.75) is 109 Å². The predicted molar refractivity (Wildman–Crippen MR) is 167 cm³/mol. The number of epoxide rings is 1. The molecule has 0 saturated carbocycles. The molecule has 7 unspecified atom stereocenters. The first kappa shape index (κ1) is 34.4. The number of amides is 1. The third-order valence-corrected chi connectivity index (χ3v) is 8.69. The zero-order chi connectivity index (χ0) is 33.7. The SMILES string of the molecule is CC(=O)OC(C)/C=C\C(=O)NC1CC(C)C(C/C=C(C)/C=C/C2O[C@H](CC(=O)On3nnc4cccnc43)CC3(CO3)[C@@H]2O)OC1C. The summed E-state index contributed by atoms with van der Waals surface area (Å²) in [6, 6.07) is 3.28. The van der Waals surface area contributed by atoms with Gasteiger partial charge in [0.25, 0.3) is 0 Å². The number of aliphatic hydroxyl groups is 1. The van der Waals surface area contributed by atoms with Crippen LogP contribution in [-0.2, 0) is 33.3 Å². The van der Waals surface area contributed by atoms with E-state index in [0.29, 0.717) is 30.6 Å². The van der Waals surface area contributed by atoms with Gasteiger partial charge in [-0.25, -0.2) is 9.78 Å². The molecule has 254 valence electrons. The van der Waals surface area contributed by atoms with Gasteiger partial charge in [0.05, 0.1) is 37.4 Å². The molecule has 0 radical (unpaired) electrons. The monoisotopic (exact) mass is 653 g/mol. The number of esters is 1. The van der Waals surface area contributed by atoms with Gasteiger partial charge in [-0.3, -0.25) is 9.59 Å². The Hall–Kier alpha value is -3.98. The maximum atomic E-state index is 12.8. The number of nitrogens with zero attached hydrogens (tertiary/aromatic N) is 4. The quantitative estimate of drug-likeness (QED) is 0.119. The summed E-state index contributed by atoms with van der Waals surface area (Å²) in [5, 5.41) is 21.8. The van der Waals surface area contributed by atoms with E-state index in [1.165, 1.54) is 13.0 Å². The standard InChI is InChI=1S/C33H43N5O9/c1-19(8-11-27-20(2)15-26(22(4)45-27)35-29(40)13-10-21(3)44-23(5)39)9-12-28-31(42)33(18-43-33)17-24(46-28)16-30(41)47-38-32-25(36-37-38)7-6-14-34-32/h6-10,12-14,20-22,24,26-28,31,42H,11,15-18H2,1-5H3,(H,35,40)/b12-9+,13-10-,19-8+/t20?,21?,22?,24-,26?,27?,28?,31-,33?/m1/s1. The summed E-state index contributed by atoms with van der Waals surface area (Å²) in [4.78, 5) is 46.7. The predicted octanol–water partition coefficient (Wildman–Crippen LogP) is 2.16. The summed E-state index contributed by atoms with van der Waals surface area (Å²) in [6.07, 6.45) is 9.16. The van der Waals surface area contributed by atoms with E-state index in [4.69, 9.17) is 23.8 Å². The molecule has 1 spiro atoms. The summed E-state index contributed by atoms with van der Waals surface area (Å²) in [5.74, 6) is -1.04. The van der Waals surface area contributed by atoms with Gasteiger partial charge < -0.3 is 34.2 Å². The number of carbonyl (C=O) groups excluding carboxylic acids is 3. The van der Waals surface area contributed by atoms with Crippen LogP contribution in [-0.4, -0.2) is 98.0 Å². The first-order chi connectivity index (χ1) is 22.4. The molecule has 0 bridgehead atoms. The number of hydrogen-bond acceptors (Lipinski definition) is 12. The highest BCUT2D eigenvalue weighted by Crippen LogP contribution is 2.43. The van der Waals surface area contributed by atoms with Gasteiger partial charge in [-0.05, 0) is 67.8 Å². The van der Waals surface area contributed by atoms with Gasteiger partial charge in [0.15, 0.2) is 0 Å². The summed E-state index contributed by atoms with van der Waals surface area (Å²) in [5.41, 5.74) is 1.05. The Morgan fingerprint density at radius 3 is 2.77 bits per heavy atom. The van der Waals surface area contributed by atoms with E-state index in [0.717, 1.165) is 16.8 Å². The molecule has 2 N–H and O–H groups in total. The van der Waals surface area contributed by atoms with Gasteiger partial charge in [0, 0.05) is 25.6 Å². The molecule has 5 heterocycles. The Bertz CT molecular complexity index is 1530. The van der Waals surface area contributed by atoms with Crippen molar-refractivity contribution in [2.75, 3.05) is 6.61 Å². The second kappa shape index (κ2) is 14.8. The minimum atomic E-state index is -0.878. The van der Waals surface area contributed by atoms with Crippen LogP contribution < -0.4 is 10.2 Å². The molecule has 14 nitrogen and oxygen atoms in total. The highest BCUT2D eigenvalue weighted by Gasteiger charge is 2.58. The zero-order valence-corrected chi connectivity index (χ0v) is 27.3. The highest BCUT2D eigenvalue weighted by atomic mass is 16.7. The van der Waals surface area contributed by atoms with Crippen molar-refractivity contribution in [1.29, 1.82) is 0 Å². The van der Waals surface area contributed by atoms with E-state index in [9.17, 15) is 19.5 Å². The topological polar surface area (TPSA) is 177 Å². The number of fused-ring (bicyclic) bond motifs is 1. The van der Waals surface area contributed by atoms with Crippen LogP contribution in [0.15, 0.2) is 54.3 Å². The van der Waals surface area contributed by atoms with Gasteiger partial charge >= 0.3 is 11.9 Å². The maximum absolute atomic E-state index is 12.8. The summed E-state index contributed by atoms with van der Waals surface area (Å²) in [7, 11) is 0. The Kier molecular flexibility index (Phi) is 10.8. The van der Waals surface area contributed by atoms with E-state index in [1.54, 1.807) is 37.4 Å². The van der Waals surface area contributed by atoms with Crippen LogP contribution >= 0.6 is 0 Å². The smallest absolute Gasteiger partial charge is 0.337 e. The average Bonchev–Trinajstić information content (AvgIpc) is 3.68. The maximum Gasteiger partial charge on any atom is 0.337 e. The minimum Gasteiger partial charge on any atom is -0.459 e. The fraction of sp³-hybridized carbons (Fsp3) is 0.576. The molecular formula is C33H43N5O9. The molecule has 3 aliphatic rings. The third kappa shape index (κ3) is 8.89. The van der Waals surface area contributed by atoms with Crippen molar-refractivity contribution < 1.29 is 43.3 Å². The molecular weight excluding hydrogens is 610 g/mol. The first-order valence-corrected chi connectivity index (χ1v) is 15.9. The summed E-state index contributed by atoms with van der Waals surface area (Å²) in [6.45, 7) is 9.41. The van der Waals surface area contributed by atoms with E-state index in [1.807, 2.05) is 19.9 Å². The van der Waals surface area contributed by atoms with Crippen molar-refractivity contribution in [3.63, 3.8) is 0 Å². The molecule has 2 aromatic rings. The van der Waals surface area contributed by atoms with Crippen LogP contribution in [0.4, 0.5) is 0 Å². The second-order valence-electron chi connectivity index (χ2n) is 12.6. The Balaban J connectivity index is 1.11. The van der Waals surface area contributed by atoms with Crippen molar-refractivity contribution in [2.24, 2.45) is 5.92 Å². The van der Waals surface area contributed by atoms with Crippen LogP contribution in [0, 0.1) is 5.92 Å². The molecule has 14 heteroatoms. The number of ether oxygens (including phenoxy) is 4. The lowest BCUT2D eigenvalue weighted by atomic mass is 9.87. The van der Waals surface area contributed by atoms with Gasteiger partial charge in [-0.15, -0.1) is 5.10 Å². The van der Waals surface area contributed by atoms with Crippen molar-refractivity contribution in [3.8, 4) is 0 Å². The zero-order valence-electron chi connectivity index (χ0n) is 27.3. The summed E-state index contributed by atoms with van der Waals surface area (Å²) >= 11 is 0. The number of hydrogen-bond donors (Lipinski definition) is 2. The number of aromatic nitrogens is 4. The van der Waals surface area contributed by atoms with E-state index in [-0.39, 0.29) is 36.5 Å². The number of nitrogens with one attached hydrogen (secondary N) is 1. The van der Waals surface area contributed by atoms with Crippen molar-refractivity contribution >= 4 is 29.0 Å². The molecule has 9 atom stereocenters. The molecule has 0 aromatic carbocycles. The number of allylic oxidation sites excluding steroid dienone is 2. The molecule has 0 aliphatic carbocycles. The van der Waals surface area contributed by atoms with Crippen LogP contribution in [0.5, 0.6) is 0 Å². The second-order valence-corrected chi connectivity index (χ2v) is 12.6. The molecule has 3 fully saturated rings.